The van der Waals surface area contributed by atoms with Crippen molar-refractivity contribution in [3.8, 4) is 12.3 Å². The van der Waals surface area contributed by atoms with Crippen LogP contribution in [0.5, 0.6) is 0 Å². The van der Waals surface area contributed by atoms with Crippen LogP contribution >= 0.6 is 0 Å². The summed E-state index contributed by atoms with van der Waals surface area (Å²) in [5, 5.41) is 0. The Labute approximate surface area is 95.7 Å². The van der Waals surface area contributed by atoms with Gasteiger partial charge in [0.25, 0.3) is 0 Å². The molecule has 0 unspecified atom stereocenters. The predicted molar refractivity (Wildman–Crippen MR) is 68.2 cm³/mol. The summed E-state index contributed by atoms with van der Waals surface area (Å²) in [6, 6.07) is 0. The Morgan fingerprint density at radius 2 is 2.00 bits per heavy atom. The first-order valence-corrected chi connectivity index (χ1v) is 9.39. The monoisotopic (exact) mass is 224 g/mol. The van der Waals surface area contributed by atoms with Gasteiger partial charge in [0.15, 0.2) is 8.32 Å². The lowest BCUT2D eigenvalue weighted by atomic mass is 9.95. The fraction of sp³-hybridized carbons (Fsp3) is 0.846. The molecule has 0 heterocycles. The first-order valence-electron chi connectivity index (χ1n) is 5.98. The zero-order valence-electron chi connectivity index (χ0n) is 10.6. The maximum atomic E-state index is 6.24. The molecule has 2 heteroatoms. The Hall–Kier alpha value is -0.263. The third kappa shape index (κ3) is 5.39. The summed E-state index contributed by atoms with van der Waals surface area (Å²) in [7, 11) is -1.48. The van der Waals surface area contributed by atoms with Crippen molar-refractivity contribution in [3.05, 3.63) is 0 Å². The lowest BCUT2D eigenvalue weighted by Gasteiger charge is -2.35. The molecule has 0 spiro atoms. The van der Waals surface area contributed by atoms with Crippen molar-refractivity contribution >= 4 is 8.32 Å². The zero-order valence-corrected chi connectivity index (χ0v) is 11.6. The number of rotatable bonds is 6. The molecule has 0 aromatic rings. The van der Waals surface area contributed by atoms with Crippen LogP contribution in [-0.4, -0.2) is 13.9 Å². The Bertz CT molecular complexity index is 244. The average molecular weight is 224 g/mol. The van der Waals surface area contributed by atoms with E-state index in [0.717, 1.165) is 18.8 Å². The van der Waals surface area contributed by atoms with Crippen LogP contribution in [0.25, 0.3) is 0 Å². The summed E-state index contributed by atoms with van der Waals surface area (Å²) in [6.45, 7) is 8.89. The zero-order chi connectivity index (χ0) is 11.5. The molecular weight excluding hydrogens is 200 g/mol. The van der Waals surface area contributed by atoms with Crippen molar-refractivity contribution in [3.63, 3.8) is 0 Å². The lowest BCUT2D eigenvalue weighted by Crippen LogP contribution is -2.40. The maximum Gasteiger partial charge on any atom is 0.184 e. The Kier molecular flexibility index (Phi) is 4.03. The molecule has 1 rings (SSSR count). The molecule has 0 bridgehead atoms. The second kappa shape index (κ2) is 4.72. The van der Waals surface area contributed by atoms with Gasteiger partial charge in [-0.25, -0.2) is 0 Å². The first kappa shape index (κ1) is 12.8. The molecule has 0 aromatic heterocycles. The topological polar surface area (TPSA) is 9.23 Å². The highest BCUT2D eigenvalue weighted by Gasteiger charge is 2.33. The van der Waals surface area contributed by atoms with Gasteiger partial charge in [-0.15, -0.1) is 12.3 Å². The minimum absolute atomic E-state index is 0.0676. The van der Waals surface area contributed by atoms with Gasteiger partial charge in [-0.05, 0) is 45.3 Å². The van der Waals surface area contributed by atoms with Crippen LogP contribution in [-0.2, 0) is 4.43 Å². The van der Waals surface area contributed by atoms with E-state index >= 15 is 0 Å². The van der Waals surface area contributed by atoms with E-state index in [2.05, 4.69) is 32.5 Å². The van der Waals surface area contributed by atoms with Crippen LogP contribution in [0.2, 0.25) is 19.6 Å². The summed E-state index contributed by atoms with van der Waals surface area (Å²) in [5.41, 5.74) is -0.0676. The second-order valence-corrected chi connectivity index (χ2v) is 10.5. The fourth-order valence-corrected chi connectivity index (χ4v) is 3.70. The van der Waals surface area contributed by atoms with Gasteiger partial charge >= 0.3 is 0 Å². The summed E-state index contributed by atoms with van der Waals surface area (Å²) >= 11 is 0. The van der Waals surface area contributed by atoms with E-state index in [1.165, 1.54) is 19.3 Å². The molecule has 0 N–H and O–H groups in total. The molecule has 0 radical (unpaired) electrons. The number of hydrogen-bond acceptors (Lipinski definition) is 1. The molecule has 0 amide bonds. The smallest absolute Gasteiger partial charge is 0.184 e. The lowest BCUT2D eigenvalue weighted by molar-refractivity contribution is 0.0724. The van der Waals surface area contributed by atoms with Crippen molar-refractivity contribution in [1.82, 2.24) is 0 Å². The third-order valence-electron chi connectivity index (χ3n) is 2.81. The molecular formula is C13H24OSi. The van der Waals surface area contributed by atoms with Crippen molar-refractivity contribution in [2.75, 3.05) is 0 Å². The van der Waals surface area contributed by atoms with E-state index in [1.807, 2.05) is 0 Å². The second-order valence-electron chi connectivity index (χ2n) is 6.03. The molecule has 0 saturated heterocycles. The van der Waals surface area contributed by atoms with Gasteiger partial charge in [0.05, 0.1) is 5.60 Å². The number of hydrogen-bond donors (Lipinski definition) is 0. The van der Waals surface area contributed by atoms with Gasteiger partial charge in [0.2, 0.25) is 0 Å². The third-order valence-corrected chi connectivity index (χ3v) is 3.91. The molecule has 1 saturated carbocycles. The first-order chi connectivity index (χ1) is 6.85. The fourth-order valence-electron chi connectivity index (χ4n) is 2.05. The highest BCUT2D eigenvalue weighted by Crippen LogP contribution is 2.37. The summed E-state index contributed by atoms with van der Waals surface area (Å²) < 4.78 is 6.24. The molecule has 1 aliphatic carbocycles. The van der Waals surface area contributed by atoms with Gasteiger partial charge in [-0.3, -0.25) is 0 Å². The van der Waals surface area contributed by atoms with Crippen LogP contribution < -0.4 is 0 Å². The minimum Gasteiger partial charge on any atom is -0.411 e. The molecule has 1 atom stereocenters. The van der Waals surface area contributed by atoms with Crippen LogP contribution in [0.15, 0.2) is 0 Å². The van der Waals surface area contributed by atoms with Crippen molar-refractivity contribution in [2.24, 2.45) is 5.92 Å². The van der Waals surface area contributed by atoms with E-state index in [9.17, 15) is 0 Å². The Morgan fingerprint density at radius 1 is 1.40 bits per heavy atom. The minimum atomic E-state index is -1.48. The molecule has 0 aliphatic heterocycles. The summed E-state index contributed by atoms with van der Waals surface area (Å²) in [6.07, 6.45) is 11.5. The largest absolute Gasteiger partial charge is 0.411 e. The van der Waals surface area contributed by atoms with Gasteiger partial charge in [0, 0.05) is 6.42 Å². The normalized spacial score (nSPS) is 20.7. The summed E-state index contributed by atoms with van der Waals surface area (Å²) in [4.78, 5) is 0. The Morgan fingerprint density at radius 3 is 2.40 bits per heavy atom. The van der Waals surface area contributed by atoms with Crippen LogP contribution in [0.1, 0.15) is 39.0 Å². The van der Waals surface area contributed by atoms with Gasteiger partial charge < -0.3 is 4.43 Å². The van der Waals surface area contributed by atoms with Crippen LogP contribution in [0.4, 0.5) is 0 Å². The van der Waals surface area contributed by atoms with Crippen LogP contribution in [0, 0.1) is 18.3 Å². The molecule has 86 valence electrons. The van der Waals surface area contributed by atoms with E-state index in [4.69, 9.17) is 10.8 Å². The van der Waals surface area contributed by atoms with Gasteiger partial charge in [0.1, 0.15) is 0 Å². The summed E-state index contributed by atoms with van der Waals surface area (Å²) in [5.74, 6) is 3.74. The average Bonchev–Trinajstić information content (AvgIpc) is 2.80. The standard InChI is InChI=1S/C13H24OSi/c1-6-10-13(2,14-15(3,4)5)11-9-12-7-8-12/h1,12H,7-11H2,2-5H3/t13-/m1/s1. The SMILES string of the molecule is C#CC[C@](C)(CCC1CC1)O[Si](C)(C)C. The van der Waals surface area contributed by atoms with E-state index < -0.39 is 8.32 Å². The molecule has 15 heavy (non-hydrogen) atoms. The highest BCUT2D eigenvalue weighted by atomic mass is 28.4. The quantitative estimate of drug-likeness (QED) is 0.492. The Balaban J connectivity index is 2.47. The highest BCUT2D eigenvalue weighted by molar-refractivity contribution is 6.69. The predicted octanol–water partition coefficient (Wildman–Crippen LogP) is 3.81. The number of terminal acetylenes is 1. The van der Waals surface area contributed by atoms with E-state index in [0.29, 0.717) is 0 Å². The van der Waals surface area contributed by atoms with E-state index in [-0.39, 0.29) is 5.60 Å². The molecule has 1 aliphatic rings. The molecule has 1 nitrogen and oxygen atoms in total. The maximum absolute atomic E-state index is 6.24. The van der Waals surface area contributed by atoms with Gasteiger partial charge in [-0.2, -0.15) is 0 Å². The molecule has 1 fully saturated rings. The van der Waals surface area contributed by atoms with Crippen LogP contribution in [0.3, 0.4) is 0 Å². The van der Waals surface area contributed by atoms with Crippen molar-refractivity contribution < 1.29 is 4.43 Å². The van der Waals surface area contributed by atoms with E-state index in [1.54, 1.807) is 0 Å². The van der Waals surface area contributed by atoms with Gasteiger partial charge in [-0.1, -0.05) is 12.8 Å². The van der Waals surface area contributed by atoms with Crippen molar-refractivity contribution in [1.29, 1.82) is 0 Å². The van der Waals surface area contributed by atoms with Crippen molar-refractivity contribution in [2.45, 2.75) is 64.3 Å². The molecule has 0 aromatic carbocycles.